The van der Waals surface area contributed by atoms with Crippen molar-refractivity contribution in [1.29, 1.82) is 0 Å². The van der Waals surface area contributed by atoms with E-state index < -0.39 is 0 Å². The smallest absolute Gasteiger partial charge is 0.332 e. The first kappa shape index (κ1) is 17.2. The summed E-state index contributed by atoms with van der Waals surface area (Å²) in [6.45, 7) is 5.16. The number of aliphatic imine (C=N–C) groups is 1. The van der Waals surface area contributed by atoms with Crippen molar-refractivity contribution in [3.05, 3.63) is 26.9 Å². The van der Waals surface area contributed by atoms with Crippen molar-refractivity contribution in [1.82, 2.24) is 14.0 Å². The molecule has 0 aliphatic heterocycles. The Bertz CT molecular complexity index is 584. The zero-order chi connectivity index (χ0) is 15.8. The van der Waals surface area contributed by atoms with Crippen LogP contribution in [0.5, 0.6) is 0 Å². The highest BCUT2D eigenvalue weighted by Gasteiger charge is 2.10. The Labute approximate surface area is 125 Å². The number of unbranched alkanes of at least 4 members (excludes halogenated alkanes) is 2. The molecule has 1 rings (SSSR count). The van der Waals surface area contributed by atoms with E-state index >= 15 is 0 Å². The molecule has 0 aromatic carbocycles. The van der Waals surface area contributed by atoms with E-state index in [2.05, 4.69) is 11.9 Å². The third-order valence-electron chi connectivity index (χ3n) is 3.15. The van der Waals surface area contributed by atoms with E-state index in [-0.39, 0.29) is 11.2 Å². The fourth-order valence-electron chi connectivity index (χ4n) is 1.93. The summed E-state index contributed by atoms with van der Waals surface area (Å²) < 4.78 is 2.91. The summed E-state index contributed by atoms with van der Waals surface area (Å²) in [6.07, 6.45) is 5.24. The minimum atomic E-state index is -0.271. The van der Waals surface area contributed by atoms with Gasteiger partial charge in [0.25, 0.3) is 5.56 Å². The Morgan fingerprint density at radius 3 is 2.19 bits per heavy atom. The van der Waals surface area contributed by atoms with Crippen molar-refractivity contribution in [3.63, 3.8) is 0 Å². The standard InChI is InChI=1S/C15H26N4O2/c1-5-7-9-18-13(16-12-17(3)4)11-14(20)19(15(18)21)10-8-6-2/h11-12H,5-10H2,1-4H3. The van der Waals surface area contributed by atoms with Crippen LogP contribution in [0.4, 0.5) is 5.82 Å². The van der Waals surface area contributed by atoms with E-state index in [0.717, 1.165) is 25.7 Å². The zero-order valence-corrected chi connectivity index (χ0v) is 13.5. The van der Waals surface area contributed by atoms with Crippen LogP contribution in [0.25, 0.3) is 0 Å². The number of nitrogens with zero attached hydrogens (tertiary/aromatic N) is 4. The highest BCUT2D eigenvalue weighted by Crippen LogP contribution is 2.07. The first-order valence-corrected chi connectivity index (χ1v) is 7.56. The average Bonchev–Trinajstić information content (AvgIpc) is 2.44. The van der Waals surface area contributed by atoms with E-state index in [9.17, 15) is 9.59 Å². The lowest BCUT2D eigenvalue weighted by molar-refractivity contribution is 0.519. The van der Waals surface area contributed by atoms with Gasteiger partial charge in [0.15, 0.2) is 0 Å². The molecule has 1 aromatic rings. The van der Waals surface area contributed by atoms with Crippen molar-refractivity contribution in [2.24, 2.45) is 4.99 Å². The van der Waals surface area contributed by atoms with Crippen LogP contribution in [0.15, 0.2) is 20.6 Å². The molecular formula is C15H26N4O2. The largest absolute Gasteiger partial charge is 0.369 e. The molecule has 6 nitrogen and oxygen atoms in total. The first-order valence-electron chi connectivity index (χ1n) is 7.56. The van der Waals surface area contributed by atoms with Gasteiger partial charge in [-0.05, 0) is 12.8 Å². The minimum Gasteiger partial charge on any atom is -0.369 e. The monoisotopic (exact) mass is 294 g/mol. The topological polar surface area (TPSA) is 59.6 Å². The molecule has 0 aliphatic rings. The average molecular weight is 294 g/mol. The third kappa shape index (κ3) is 4.88. The molecule has 0 bridgehead atoms. The molecule has 0 atom stereocenters. The summed E-state index contributed by atoms with van der Waals surface area (Å²) in [5.41, 5.74) is -0.526. The minimum absolute atomic E-state index is 0.254. The van der Waals surface area contributed by atoms with Crippen molar-refractivity contribution in [2.45, 2.75) is 52.6 Å². The second-order valence-electron chi connectivity index (χ2n) is 5.34. The Balaban J connectivity index is 3.30. The molecule has 1 aromatic heterocycles. The third-order valence-corrected chi connectivity index (χ3v) is 3.15. The maximum atomic E-state index is 12.5. The summed E-state index contributed by atoms with van der Waals surface area (Å²) in [5.74, 6) is 0.430. The van der Waals surface area contributed by atoms with Gasteiger partial charge in [-0.25, -0.2) is 9.79 Å². The molecule has 1 heterocycles. The predicted molar refractivity (Wildman–Crippen MR) is 86.6 cm³/mol. The zero-order valence-electron chi connectivity index (χ0n) is 13.5. The van der Waals surface area contributed by atoms with Crippen LogP contribution in [0.2, 0.25) is 0 Å². The van der Waals surface area contributed by atoms with Gasteiger partial charge in [-0.3, -0.25) is 13.9 Å². The molecule has 0 aliphatic carbocycles. The summed E-state index contributed by atoms with van der Waals surface area (Å²) in [6, 6.07) is 1.45. The fourth-order valence-corrected chi connectivity index (χ4v) is 1.93. The molecule has 6 heteroatoms. The second-order valence-corrected chi connectivity index (χ2v) is 5.34. The summed E-state index contributed by atoms with van der Waals surface area (Å²) in [7, 11) is 3.70. The van der Waals surface area contributed by atoms with Crippen LogP contribution in [-0.4, -0.2) is 34.5 Å². The van der Waals surface area contributed by atoms with Crippen LogP contribution in [0.3, 0.4) is 0 Å². The summed E-state index contributed by atoms with van der Waals surface area (Å²) in [5, 5.41) is 0. The first-order chi connectivity index (χ1) is 10.0. The highest BCUT2D eigenvalue weighted by atomic mass is 16.2. The molecule has 0 saturated heterocycles. The quantitative estimate of drug-likeness (QED) is 0.543. The lowest BCUT2D eigenvalue weighted by atomic mass is 10.3. The highest BCUT2D eigenvalue weighted by molar-refractivity contribution is 5.58. The van der Waals surface area contributed by atoms with Gasteiger partial charge in [0.1, 0.15) is 5.82 Å². The molecule has 21 heavy (non-hydrogen) atoms. The van der Waals surface area contributed by atoms with Gasteiger partial charge < -0.3 is 4.90 Å². The van der Waals surface area contributed by atoms with Gasteiger partial charge in [0.2, 0.25) is 0 Å². The van der Waals surface area contributed by atoms with Gasteiger partial charge in [-0.1, -0.05) is 26.7 Å². The molecule has 0 amide bonds. The van der Waals surface area contributed by atoms with Gasteiger partial charge in [-0.2, -0.15) is 0 Å². The van der Waals surface area contributed by atoms with E-state index in [1.807, 2.05) is 21.0 Å². The molecule has 0 saturated carbocycles. The summed E-state index contributed by atoms with van der Waals surface area (Å²) in [4.78, 5) is 30.6. The SMILES string of the molecule is CCCCn1c(N=CN(C)C)cc(=O)n(CCCC)c1=O. The summed E-state index contributed by atoms with van der Waals surface area (Å²) >= 11 is 0. The Morgan fingerprint density at radius 1 is 1.10 bits per heavy atom. The van der Waals surface area contributed by atoms with Crippen molar-refractivity contribution >= 4 is 12.2 Å². The Kier molecular flexibility index (Phi) is 6.91. The molecule has 0 N–H and O–H groups in total. The fraction of sp³-hybridized carbons (Fsp3) is 0.667. The Morgan fingerprint density at radius 2 is 1.67 bits per heavy atom. The number of aromatic nitrogens is 2. The Hall–Kier alpha value is -1.85. The lowest BCUT2D eigenvalue weighted by Gasteiger charge is -2.13. The van der Waals surface area contributed by atoms with Gasteiger partial charge in [0, 0.05) is 33.3 Å². The van der Waals surface area contributed by atoms with Crippen LogP contribution >= 0.6 is 0 Å². The maximum Gasteiger partial charge on any atom is 0.332 e. The van der Waals surface area contributed by atoms with Crippen LogP contribution < -0.4 is 11.2 Å². The van der Waals surface area contributed by atoms with Gasteiger partial charge in [0.05, 0.1) is 6.34 Å². The van der Waals surface area contributed by atoms with Crippen molar-refractivity contribution in [2.75, 3.05) is 14.1 Å². The number of hydrogen-bond donors (Lipinski definition) is 0. The molecule has 0 radical (unpaired) electrons. The van der Waals surface area contributed by atoms with Crippen molar-refractivity contribution in [3.8, 4) is 0 Å². The number of rotatable bonds is 8. The molecule has 0 unspecified atom stereocenters. The molecular weight excluding hydrogens is 268 g/mol. The normalized spacial score (nSPS) is 11.2. The second kappa shape index (κ2) is 8.44. The van der Waals surface area contributed by atoms with E-state index in [4.69, 9.17) is 0 Å². The van der Waals surface area contributed by atoms with Crippen molar-refractivity contribution < 1.29 is 0 Å². The van der Waals surface area contributed by atoms with E-state index in [0.29, 0.717) is 18.9 Å². The predicted octanol–water partition coefficient (Wildman–Crippen LogP) is 1.83. The number of hydrogen-bond acceptors (Lipinski definition) is 3. The molecule has 118 valence electrons. The van der Waals surface area contributed by atoms with E-state index in [1.54, 1.807) is 15.8 Å². The van der Waals surface area contributed by atoms with E-state index in [1.165, 1.54) is 10.6 Å². The van der Waals surface area contributed by atoms with Crippen LogP contribution in [0, 0.1) is 0 Å². The maximum absolute atomic E-state index is 12.5. The molecule has 0 spiro atoms. The van der Waals surface area contributed by atoms with Gasteiger partial charge >= 0.3 is 5.69 Å². The lowest BCUT2D eigenvalue weighted by Crippen LogP contribution is -2.39. The van der Waals surface area contributed by atoms with Gasteiger partial charge in [-0.15, -0.1) is 0 Å². The van der Waals surface area contributed by atoms with Crippen LogP contribution in [0.1, 0.15) is 39.5 Å². The molecule has 0 fully saturated rings. The van der Waals surface area contributed by atoms with Crippen LogP contribution in [-0.2, 0) is 13.1 Å².